The van der Waals surface area contributed by atoms with Gasteiger partial charge in [-0.1, -0.05) is 26.1 Å². The Morgan fingerprint density at radius 3 is 2.36 bits per heavy atom. The second-order valence-electron chi connectivity index (χ2n) is 4.39. The molecule has 0 aliphatic carbocycles. The minimum atomic E-state index is 0.0795. The number of amides is 1. The maximum atomic E-state index is 11.7. The fraction of sp³-hybridized carbons (Fsp3) is 0.800. The Hall–Kier alpha value is -0.640. The number of piperidine rings is 1. The number of likely N-dealkylation sites (tertiary alicyclic amines) is 1. The van der Waals surface area contributed by atoms with E-state index >= 15 is 0 Å². The first kappa shape index (κ1) is 11.4. The summed E-state index contributed by atoms with van der Waals surface area (Å²) < 4.78 is 0. The molecule has 0 saturated carbocycles. The topological polar surface area (TPSA) is 46.3 Å². The molecule has 14 heavy (non-hydrogen) atoms. The molecule has 0 aromatic rings. The van der Waals surface area contributed by atoms with E-state index in [1.165, 1.54) is 6.42 Å². The van der Waals surface area contributed by atoms with Crippen LogP contribution in [-0.4, -0.2) is 28.9 Å². The van der Waals surface area contributed by atoms with Crippen molar-refractivity contribution in [2.75, 3.05) is 13.1 Å². The maximum Gasteiger partial charge on any atom is 0.229 e. The molecule has 80 valence electrons. The van der Waals surface area contributed by atoms with Gasteiger partial charge in [0, 0.05) is 13.1 Å². The van der Waals surface area contributed by atoms with E-state index < -0.39 is 0 Å². The van der Waals surface area contributed by atoms with E-state index in [1.807, 2.05) is 4.90 Å². The van der Waals surface area contributed by atoms with E-state index in [2.05, 4.69) is 13.8 Å². The first-order valence-electron chi connectivity index (χ1n) is 5.05. The third-order valence-electron chi connectivity index (χ3n) is 2.55. The highest BCUT2D eigenvalue weighted by Crippen LogP contribution is 2.21. The molecule has 0 radical (unpaired) electrons. The molecule has 1 rings (SSSR count). The van der Waals surface area contributed by atoms with Crippen molar-refractivity contribution in [2.45, 2.75) is 26.7 Å². The van der Waals surface area contributed by atoms with Gasteiger partial charge in [-0.15, -0.1) is 0 Å². The minimum absolute atomic E-state index is 0.0795. The van der Waals surface area contributed by atoms with Crippen molar-refractivity contribution in [1.82, 2.24) is 4.90 Å². The summed E-state index contributed by atoms with van der Waals surface area (Å²) in [7, 11) is 0. The van der Waals surface area contributed by atoms with Gasteiger partial charge < -0.3 is 10.6 Å². The predicted molar refractivity (Wildman–Crippen MR) is 60.9 cm³/mol. The molecule has 1 amide bonds. The molecule has 0 bridgehead atoms. The van der Waals surface area contributed by atoms with E-state index in [9.17, 15) is 4.79 Å². The first-order chi connectivity index (χ1) is 6.49. The van der Waals surface area contributed by atoms with Crippen LogP contribution in [0.4, 0.5) is 0 Å². The van der Waals surface area contributed by atoms with Crippen molar-refractivity contribution in [1.29, 1.82) is 0 Å². The lowest BCUT2D eigenvalue weighted by Gasteiger charge is -2.35. The average molecular weight is 214 g/mol. The second kappa shape index (κ2) is 4.73. The van der Waals surface area contributed by atoms with Crippen LogP contribution in [0.5, 0.6) is 0 Å². The van der Waals surface area contributed by atoms with Gasteiger partial charge in [0.05, 0.1) is 11.4 Å². The van der Waals surface area contributed by atoms with Gasteiger partial charge >= 0.3 is 0 Å². The van der Waals surface area contributed by atoms with E-state index in [0.29, 0.717) is 16.8 Å². The molecule has 4 heteroatoms. The number of carbonyl (C=O) groups excluding carboxylic acids is 1. The Morgan fingerprint density at radius 1 is 1.43 bits per heavy atom. The smallest absolute Gasteiger partial charge is 0.229 e. The van der Waals surface area contributed by atoms with Crippen molar-refractivity contribution in [2.24, 2.45) is 17.6 Å². The zero-order chi connectivity index (χ0) is 10.7. The van der Waals surface area contributed by atoms with Gasteiger partial charge in [0.1, 0.15) is 0 Å². The monoisotopic (exact) mass is 214 g/mol. The summed E-state index contributed by atoms with van der Waals surface area (Å²) >= 11 is 4.73. The van der Waals surface area contributed by atoms with Crippen LogP contribution < -0.4 is 5.73 Å². The quantitative estimate of drug-likeness (QED) is 0.702. The molecule has 0 spiro atoms. The second-order valence-corrected chi connectivity index (χ2v) is 4.91. The molecular weight excluding hydrogens is 196 g/mol. The molecule has 3 nitrogen and oxygen atoms in total. The van der Waals surface area contributed by atoms with E-state index in [4.69, 9.17) is 18.0 Å². The summed E-state index contributed by atoms with van der Waals surface area (Å²) in [6.45, 7) is 6.06. The van der Waals surface area contributed by atoms with Crippen LogP contribution in [0.2, 0.25) is 0 Å². The van der Waals surface area contributed by atoms with Gasteiger partial charge in [-0.2, -0.15) is 0 Å². The summed E-state index contributed by atoms with van der Waals surface area (Å²) in [6.07, 6.45) is 1.42. The standard InChI is InChI=1S/C10H18N2OS/c1-7-3-8(2)6-12(5-7)10(13)4-9(11)14/h7-8H,3-6H2,1-2H3,(H2,11,14). The van der Waals surface area contributed by atoms with Gasteiger partial charge in [-0.05, 0) is 18.3 Å². The third-order valence-corrected chi connectivity index (χ3v) is 2.69. The Morgan fingerprint density at radius 2 is 1.93 bits per heavy atom. The molecule has 0 aromatic carbocycles. The van der Waals surface area contributed by atoms with Crippen molar-refractivity contribution >= 4 is 23.1 Å². The number of hydrogen-bond donors (Lipinski definition) is 1. The van der Waals surface area contributed by atoms with Crippen LogP contribution in [0.1, 0.15) is 26.7 Å². The minimum Gasteiger partial charge on any atom is -0.393 e. The third kappa shape index (κ3) is 3.25. The van der Waals surface area contributed by atoms with Crippen LogP contribution in [0.25, 0.3) is 0 Å². The Balaban J connectivity index is 2.50. The molecule has 1 aliphatic heterocycles. The SMILES string of the molecule is CC1CC(C)CN(C(=O)CC(N)=S)C1. The molecule has 2 atom stereocenters. The number of rotatable bonds is 2. The maximum absolute atomic E-state index is 11.7. The van der Waals surface area contributed by atoms with Crippen molar-refractivity contribution in [3.63, 3.8) is 0 Å². The highest BCUT2D eigenvalue weighted by Gasteiger charge is 2.25. The highest BCUT2D eigenvalue weighted by atomic mass is 32.1. The lowest BCUT2D eigenvalue weighted by molar-refractivity contribution is -0.132. The average Bonchev–Trinajstić information content (AvgIpc) is 2.00. The molecular formula is C10H18N2OS. The molecule has 1 aliphatic rings. The zero-order valence-electron chi connectivity index (χ0n) is 8.82. The summed E-state index contributed by atoms with van der Waals surface area (Å²) in [5.41, 5.74) is 5.35. The predicted octanol–water partition coefficient (Wildman–Crippen LogP) is 1.17. The fourth-order valence-corrected chi connectivity index (χ4v) is 2.25. The summed E-state index contributed by atoms with van der Waals surface area (Å²) in [5, 5.41) is 0. The summed E-state index contributed by atoms with van der Waals surface area (Å²) in [6, 6.07) is 0. The summed E-state index contributed by atoms with van der Waals surface area (Å²) in [5.74, 6) is 1.26. The lowest BCUT2D eigenvalue weighted by Crippen LogP contribution is -2.43. The van der Waals surface area contributed by atoms with Crippen molar-refractivity contribution < 1.29 is 4.79 Å². The van der Waals surface area contributed by atoms with Crippen LogP contribution >= 0.6 is 12.2 Å². The molecule has 2 unspecified atom stereocenters. The number of carbonyl (C=O) groups is 1. The lowest BCUT2D eigenvalue weighted by atomic mass is 9.92. The molecule has 1 saturated heterocycles. The highest BCUT2D eigenvalue weighted by molar-refractivity contribution is 7.80. The van der Waals surface area contributed by atoms with E-state index in [1.54, 1.807) is 0 Å². The van der Waals surface area contributed by atoms with Crippen LogP contribution in [-0.2, 0) is 4.79 Å². The molecule has 2 N–H and O–H groups in total. The largest absolute Gasteiger partial charge is 0.393 e. The Kier molecular flexibility index (Phi) is 3.86. The molecule has 1 heterocycles. The van der Waals surface area contributed by atoms with Crippen molar-refractivity contribution in [3.05, 3.63) is 0 Å². The number of hydrogen-bond acceptors (Lipinski definition) is 2. The van der Waals surface area contributed by atoms with E-state index in [0.717, 1.165) is 13.1 Å². The number of nitrogens with zero attached hydrogens (tertiary/aromatic N) is 1. The molecule has 1 fully saturated rings. The van der Waals surface area contributed by atoms with Gasteiger partial charge in [0.25, 0.3) is 0 Å². The molecule has 0 aromatic heterocycles. The van der Waals surface area contributed by atoms with Gasteiger partial charge in [-0.3, -0.25) is 4.79 Å². The first-order valence-corrected chi connectivity index (χ1v) is 5.46. The number of nitrogens with two attached hydrogens (primary N) is 1. The van der Waals surface area contributed by atoms with E-state index in [-0.39, 0.29) is 12.3 Å². The van der Waals surface area contributed by atoms with Crippen LogP contribution in [0.15, 0.2) is 0 Å². The van der Waals surface area contributed by atoms with Crippen molar-refractivity contribution in [3.8, 4) is 0 Å². The number of thiocarbonyl (C=S) groups is 1. The van der Waals surface area contributed by atoms with Crippen LogP contribution in [0.3, 0.4) is 0 Å². The van der Waals surface area contributed by atoms with Gasteiger partial charge in [0.2, 0.25) is 5.91 Å². The zero-order valence-corrected chi connectivity index (χ0v) is 9.64. The fourth-order valence-electron chi connectivity index (χ4n) is 2.13. The Labute approximate surface area is 90.6 Å². The Bertz CT molecular complexity index is 232. The van der Waals surface area contributed by atoms with Crippen LogP contribution in [0, 0.1) is 11.8 Å². The van der Waals surface area contributed by atoms with Gasteiger partial charge in [-0.25, -0.2) is 0 Å². The normalized spacial score (nSPS) is 27.4. The van der Waals surface area contributed by atoms with Gasteiger partial charge in [0.15, 0.2) is 0 Å². The summed E-state index contributed by atoms with van der Waals surface area (Å²) in [4.78, 5) is 13.8.